The topological polar surface area (TPSA) is 151 Å². The van der Waals surface area contributed by atoms with E-state index in [1.54, 1.807) is 19.2 Å². The van der Waals surface area contributed by atoms with Gasteiger partial charge < -0.3 is 25.8 Å². The van der Waals surface area contributed by atoms with Crippen LogP contribution in [0, 0.1) is 16.5 Å². The third-order valence-electron chi connectivity index (χ3n) is 5.42. The maximum absolute atomic E-state index is 8.37. The van der Waals surface area contributed by atoms with E-state index in [4.69, 9.17) is 16.5 Å². The molecule has 0 bridgehead atoms. The van der Waals surface area contributed by atoms with Crippen molar-refractivity contribution >= 4 is 46.0 Å². The summed E-state index contributed by atoms with van der Waals surface area (Å²) in [6.07, 6.45) is 0. The Labute approximate surface area is 201 Å². The Morgan fingerprint density at radius 1 is 0.765 bits per heavy atom. The fourth-order valence-corrected chi connectivity index (χ4v) is 3.56. The van der Waals surface area contributed by atoms with Gasteiger partial charge in [-0.2, -0.15) is 15.2 Å². The van der Waals surface area contributed by atoms with E-state index in [2.05, 4.69) is 68.7 Å². The lowest BCUT2D eigenvalue weighted by molar-refractivity contribution is 0.866. The maximum Gasteiger partial charge on any atom is 0.222 e. The van der Waals surface area contributed by atoms with Crippen LogP contribution < -0.4 is 25.8 Å². The molecule has 0 aliphatic rings. The van der Waals surface area contributed by atoms with Crippen LogP contribution in [0.15, 0.2) is 51.6 Å². The highest BCUT2D eigenvalue weighted by Crippen LogP contribution is 2.31. The van der Waals surface area contributed by atoms with E-state index in [0.29, 0.717) is 28.7 Å². The molecular formula is C23H35N11. The zero-order valence-electron chi connectivity index (χ0n) is 20.5. The first-order valence-corrected chi connectivity index (χ1v) is 11.4. The van der Waals surface area contributed by atoms with Gasteiger partial charge in [-0.05, 0) is 64.1 Å². The average molecular weight is 466 g/mol. The predicted molar refractivity (Wildman–Crippen MR) is 141 cm³/mol. The first-order valence-electron chi connectivity index (χ1n) is 11.4. The van der Waals surface area contributed by atoms with Crippen LogP contribution >= 0.6 is 0 Å². The second kappa shape index (κ2) is 12.9. The Bertz CT molecular complexity index is 1020. The van der Waals surface area contributed by atoms with Gasteiger partial charge in [0.15, 0.2) is 0 Å². The van der Waals surface area contributed by atoms with Crippen LogP contribution in [-0.4, -0.2) is 45.1 Å². The number of guanidine groups is 2. The third-order valence-corrected chi connectivity index (χ3v) is 5.42. The van der Waals surface area contributed by atoms with E-state index in [1.165, 1.54) is 0 Å². The molecule has 11 heteroatoms. The predicted octanol–water partition coefficient (Wildman–Crippen LogP) is 5.74. The van der Waals surface area contributed by atoms with Crippen molar-refractivity contribution in [1.29, 1.82) is 16.5 Å². The Morgan fingerprint density at radius 3 is 1.59 bits per heavy atom. The Kier molecular flexibility index (Phi) is 9.93. The highest BCUT2D eigenvalue weighted by molar-refractivity contribution is 6.07. The minimum Gasteiger partial charge on any atom is -0.372 e. The van der Waals surface area contributed by atoms with Crippen LogP contribution in [0.1, 0.15) is 27.7 Å². The van der Waals surface area contributed by atoms with Crippen LogP contribution in [0.3, 0.4) is 0 Å². The van der Waals surface area contributed by atoms with Crippen molar-refractivity contribution in [2.45, 2.75) is 27.7 Å². The maximum atomic E-state index is 8.37. The van der Waals surface area contributed by atoms with Gasteiger partial charge >= 0.3 is 0 Å². The molecule has 0 amide bonds. The molecule has 6 N–H and O–H groups in total. The van der Waals surface area contributed by atoms with Crippen LogP contribution in [0.4, 0.5) is 34.1 Å². The van der Waals surface area contributed by atoms with Crippen molar-refractivity contribution in [3.05, 3.63) is 36.4 Å². The fourth-order valence-electron chi connectivity index (χ4n) is 3.56. The molecule has 0 aliphatic carbocycles. The number of benzene rings is 2. The smallest absolute Gasteiger partial charge is 0.222 e. The third kappa shape index (κ3) is 6.50. The summed E-state index contributed by atoms with van der Waals surface area (Å²) in [6, 6.07) is 11.1. The number of anilines is 4. The molecular weight excluding hydrogens is 430 g/mol. The number of rotatable bonds is 10. The molecule has 182 valence electrons. The summed E-state index contributed by atoms with van der Waals surface area (Å²) < 4.78 is 0. The number of hydrogen-bond acceptors (Lipinski definition) is 7. The standard InChI is InChI=1S/C23H35N11/c1-6-33(7-2)16-10-12-18(31-25)20(14-16)28-22(24)30-23(27-5)29-21-15-17(34(8-3)9-4)11-13-19(21)32-26/h10-15,25-26H,6-9H2,1-5H3,(H4,24,27,28,29,30). The highest BCUT2D eigenvalue weighted by atomic mass is 15.2. The normalized spacial score (nSPS) is 10.9. The number of nitrogens with one attached hydrogen (secondary N) is 6. The molecule has 0 aromatic heterocycles. The quantitative estimate of drug-likeness (QED) is 0.150. The van der Waals surface area contributed by atoms with Crippen molar-refractivity contribution in [1.82, 2.24) is 5.32 Å². The molecule has 0 aliphatic heterocycles. The molecule has 0 atom stereocenters. The molecule has 11 nitrogen and oxygen atoms in total. The monoisotopic (exact) mass is 465 g/mol. The molecule has 2 rings (SSSR count). The number of hydrogen-bond donors (Lipinski definition) is 6. The van der Waals surface area contributed by atoms with E-state index in [-0.39, 0.29) is 5.96 Å². The van der Waals surface area contributed by atoms with Crippen LogP contribution in [0.25, 0.3) is 0 Å². The molecule has 2 aromatic rings. The molecule has 0 saturated heterocycles. The van der Waals surface area contributed by atoms with Gasteiger partial charge in [0.25, 0.3) is 0 Å². The lowest BCUT2D eigenvalue weighted by Gasteiger charge is -2.22. The minimum absolute atomic E-state index is 0.136. The summed E-state index contributed by atoms with van der Waals surface area (Å²) in [6.45, 7) is 11.7. The van der Waals surface area contributed by atoms with Crippen molar-refractivity contribution in [2.75, 3.05) is 53.7 Å². The van der Waals surface area contributed by atoms with E-state index < -0.39 is 0 Å². The molecule has 0 unspecified atom stereocenters. The van der Waals surface area contributed by atoms with Gasteiger partial charge in [0.1, 0.15) is 11.4 Å². The molecule has 34 heavy (non-hydrogen) atoms. The summed E-state index contributed by atoms with van der Waals surface area (Å²) in [5.74, 6) is 0.172. The first kappa shape index (κ1) is 26.2. The average Bonchev–Trinajstić information content (AvgIpc) is 2.85. The fraction of sp³-hybridized carbons (Fsp3) is 0.391. The minimum atomic E-state index is -0.136. The Hall–Kier alpha value is -4.02. The van der Waals surface area contributed by atoms with Crippen molar-refractivity contribution in [3.63, 3.8) is 0 Å². The van der Waals surface area contributed by atoms with Gasteiger partial charge in [-0.3, -0.25) is 5.41 Å². The van der Waals surface area contributed by atoms with Crippen LogP contribution in [-0.2, 0) is 0 Å². The van der Waals surface area contributed by atoms with Crippen molar-refractivity contribution in [3.8, 4) is 0 Å². The van der Waals surface area contributed by atoms with Crippen molar-refractivity contribution in [2.24, 2.45) is 15.2 Å². The first-order chi connectivity index (χ1) is 16.4. The SMILES string of the molecule is CCN(CC)c1ccc(N=N)c(NC(=N)/N=C(\NC)Nc2cc(N(CC)CC)ccc2N=N)c1. The zero-order valence-corrected chi connectivity index (χ0v) is 20.5. The number of nitrogens with zero attached hydrogens (tertiary/aromatic N) is 5. The van der Waals surface area contributed by atoms with Crippen LogP contribution in [0.5, 0.6) is 0 Å². The van der Waals surface area contributed by atoms with Gasteiger partial charge in [0.05, 0.1) is 11.4 Å². The zero-order chi connectivity index (χ0) is 25.1. The van der Waals surface area contributed by atoms with Crippen LogP contribution in [0.2, 0.25) is 0 Å². The van der Waals surface area contributed by atoms with Gasteiger partial charge in [-0.25, -0.2) is 11.1 Å². The van der Waals surface area contributed by atoms with Gasteiger partial charge in [0.2, 0.25) is 11.9 Å². The lowest BCUT2D eigenvalue weighted by atomic mass is 10.2. The molecule has 0 spiro atoms. The van der Waals surface area contributed by atoms with E-state index >= 15 is 0 Å². The summed E-state index contributed by atoms with van der Waals surface area (Å²) >= 11 is 0. The van der Waals surface area contributed by atoms with Gasteiger partial charge in [0, 0.05) is 44.6 Å². The second-order valence-corrected chi connectivity index (χ2v) is 7.28. The van der Waals surface area contributed by atoms with Crippen molar-refractivity contribution < 1.29 is 0 Å². The molecule has 0 fully saturated rings. The van der Waals surface area contributed by atoms with E-state index in [9.17, 15) is 0 Å². The summed E-state index contributed by atoms with van der Waals surface area (Å²) in [5.41, 5.74) is 18.9. The van der Waals surface area contributed by atoms with E-state index in [0.717, 1.165) is 37.6 Å². The summed E-state index contributed by atoms with van der Waals surface area (Å²) in [7, 11) is 1.69. The second-order valence-electron chi connectivity index (χ2n) is 7.28. The molecule has 2 aromatic carbocycles. The summed E-state index contributed by atoms with van der Waals surface area (Å²) in [5, 5.41) is 24.5. The largest absolute Gasteiger partial charge is 0.372 e. The Balaban J connectivity index is 2.30. The Morgan fingerprint density at radius 2 is 1.21 bits per heavy atom. The van der Waals surface area contributed by atoms with Gasteiger partial charge in [-0.15, -0.1) is 0 Å². The molecule has 0 saturated carbocycles. The van der Waals surface area contributed by atoms with Gasteiger partial charge in [-0.1, -0.05) is 0 Å². The highest BCUT2D eigenvalue weighted by Gasteiger charge is 2.12. The number of aliphatic imine (C=N–C) groups is 1. The molecule has 0 heterocycles. The van der Waals surface area contributed by atoms with E-state index in [1.807, 2.05) is 24.3 Å². The summed E-state index contributed by atoms with van der Waals surface area (Å²) in [4.78, 5) is 8.66. The molecule has 0 radical (unpaired) electrons. The lowest BCUT2D eigenvalue weighted by Crippen LogP contribution is -2.29.